The number of benzene rings is 1. The average Bonchev–Trinajstić information content (AvgIpc) is 3.31. The second kappa shape index (κ2) is 8.90. The summed E-state index contributed by atoms with van der Waals surface area (Å²) in [5.41, 5.74) is 9.25. The first-order valence-corrected chi connectivity index (χ1v) is 9.65. The predicted octanol–water partition coefficient (Wildman–Crippen LogP) is 1.99. The lowest BCUT2D eigenvalue weighted by Gasteiger charge is -2.09. The number of nitrogens with zero attached hydrogens (tertiary/aromatic N) is 6. The van der Waals surface area contributed by atoms with Gasteiger partial charge in [0.2, 0.25) is 11.6 Å². The van der Waals surface area contributed by atoms with Gasteiger partial charge in [0.25, 0.3) is 5.91 Å². The number of anilines is 1. The van der Waals surface area contributed by atoms with Gasteiger partial charge in [-0.3, -0.25) is 4.79 Å². The van der Waals surface area contributed by atoms with E-state index in [2.05, 4.69) is 51.7 Å². The minimum absolute atomic E-state index is 0.0159. The van der Waals surface area contributed by atoms with E-state index in [0.717, 1.165) is 0 Å². The molecule has 0 fully saturated rings. The molecule has 30 heavy (non-hydrogen) atoms. The number of phenolic OH excluding ortho intramolecular Hbond substituents is 1. The smallest absolute Gasteiger partial charge is 0.293 e. The molecule has 0 saturated heterocycles. The van der Waals surface area contributed by atoms with Gasteiger partial charge in [0.1, 0.15) is 0 Å². The quantitative estimate of drug-likeness (QED) is 0.339. The van der Waals surface area contributed by atoms with Crippen molar-refractivity contribution in [3.63, 3.8) is 0 Å². The molecule has 0 aliphatic carbocycles. The molecule has 0 aliphatic rings. The Hall–Kier alpha value is -3.48. The molecule has 12 nitrogen and oxygen atoms in total. The molecule has 13 heteroatoms. The molecule has 3 aromatic rings. The number of aromatic hydroxyl groups is 1. The highest BCUT2D eigenvalue weighted by atomic mass is 79.9. The summed E-state index contributed by atoms with van der Waals surface area (Å²) in [6, 6.07) is 3.22. The van der Waals surface area contributed by atoms with Crippen LogP contribution in [-0.4, -0.2) is 49.1 Å². The zero-order chi connectivity index (χ0) is 21.8. The van der Waals surface area contributed by atoms with Crippen LogP contribution in [0.15, 0.2) is 26.3 Å². The molecule has 3 rings (SSSR count). The van der Waals surface area contributed by atoms with Crippen LogP contribution in [-0.2, 0) is 0 Å². The highest BCUT2D eigenvalue weighted by Crippen LogP contribution is 2.35. The second-order valence-corrected chi connectivity index (χ2v) is 7.20. The van der Waals surface area contributed by atoms with Crippen molar-refractivity contribution in [2.24, 2.45) is 5.10 Å². The Balaban J connectivity index is 1.82. The van der Waals surface area contributed by atoms with E-state index < -0.39 is 5.91 Å². The van der Waals surface area contributed by atoms with E-state index in [-0.39, 0.29) is 29.0 Å². The molecule has 2 heterocycles. The number of hydrazone groups is 1. The summed E-state index contributed by atoms with van der Waals surface area (Å²) in [4.78, 5) is 12.6. The van der Waals surface area contributed by atoms with Crippen LogP contribution in [0.3, 0.4) is 0 Å². The summed E-state index contributed by atoms with van der Waals surface area (Å²) in [5, 5.41) is 29.0. The number of ether oxygens (including phenoxy) is 1. The summed E-state index contributed by atoms with van der Waals surface area (Å²) >= 11 is 3.25. The molecule has 1 amide bonds. The third kappa shape index (κ3) is 4.25. The highest BCUT2D eigenvalue weighted by Gasteiger charge is 2.25. The Kier molecular flexibility index (Phi) is 6.30. The molecule has 0 saturated carbocycles. The van der Waals surface area contributed by atoms with E-state index in [1.165, 1.54) is 10.9 Å². The van der Waals surface area contributed by atoms with Gasteiger partial charge in [0.05, 0.1) is 23.0 Å². The lowest BCUT2D eigenvalue weighted by Crippen LogP contribution is -2.21. The number of nitrogen functional groups attached to an aromatic ring is 1. The van der Waals surface area contributed by atoms with Crippen molar-refractivity contribution in [2.45, 2.75) is 26.7 Å². The SMILES string of the molecule is CCOc1cc(C=NNC(=O)c2nnn(-c3nonc3N)c2C(C)C)cc(Br)c1O. The largest absolute Gasteiger partial charge is 0.503 e. The van der Waals surface area contributed by atoms with E-state index in [4.69, 9.17) is 10.5 Å². The van der Waals surface area contributed by atoms with Gasteiger partial charge in [-0.05, 0) is 56.8 Å². The summed E-state index contributed by atoms with van der Waals surface area (Å²) in [6.45, 7) is 5.91. The Labute approximate surface area is 179 Å². The lowest BCUT2D eigenvalue weighted by atomic mass is 10.1. The number of aromatic nitrogens is 5. The molecular weight excluding hydrogens is 460 g/mol. The number of amides is 1. The third-order valence-corrected chi connectivity index (χ3v) is 4.50. The first-order chi connectivity index (χ1) is 14.3. The number of carbonyl (C=O) groups is 1. The van der Waals surface area contributed by atoms with E-state index in [0.29, 0.717) is 28.1 Å². The summed E-state index contributed by atoms with van der Waals surface area (Å²) < 4.78 is 11.7. The van der Waals surface area contributed by atoms with Crippen LogP contribution in [0, 0.1) is 0 Å². The Morgan fingerprint density at radius 3 is 2.87 bits per heavy atom. The molecular formula is C17H19BrN8O4. The van der Waals surface area contributed by atoms with Gasteiger partial charge in [0, 0.05) is 0 Å². The van der Waals surface area contributed by atoms with E-state index >= 15 is 0 Å². The highest BCUT2D eigenvalue weighted by molar-refractivity contribution is 9.10. The van der Waals surface area contributed by atoms with Crippen molar-refractivity contribution < 1.29 is 19.3 Å². The fraction of sp³-hybridized carbons (Fsp3) is 0.294. The molecule has 1 aromatic carbocycles. The molecule has 158 valence electrons. The summed E-state index contributed by atoms with van der Waals surface area (Å²) in [6.07, 6.45) is 1.41. The molecule has 2 aromatic heterocycles. The van der Waals surface area contributed by atoms with Crippen molar-refractivity contribution in [3.8, 4) is 17.3 Å². The maximum Gasteiger partial charge on any atom is 0.293 e. The van der Waals surface area contributed by atoms with Crippen LogP contribution >= 0.6 is 15.9 Å². The standard InChI is InChI=1S/C17H19BrN8O4/c1-4-29-11-6-9(5-10(18)14(11)27)7-20-22-17(28)12-13(8(2)3)26(25-21-12)16-15(19)23-30-24-16/h5-8,27H,4H2,1-3H3,(H2,19,23)(H,22,28). The molecule has 0 radical (unpaired) electrons. The number of hydrogen-bond donors (Lipinski definition) is 3. The zero-order valence-electron chi connectivity index (χ0n) is 16.3. The Morgan fingerprint density at radius 2 is 2.23 bits per heavy atom. The van der Waals surface area contributed by atoms with E-state index in [9.17, 15) is 9.90 Å². The van der Waals surface area contributed by atoms with Crippen LogP contribution in [0.5, 0.6) is 11.5 Å². The van der Waals surface area contributed by atoms with Crippen LogP contribution in [0.4, 0.5) is 5.82 Å². The van der Waals surface area contributed by atoms with Crippen molar-refractivity contribution in [1.29, 1.82) is 0 Å². The zero-order valence-corrected chi connectivity index (χ0v) is 17.9. The maximum atomic E-state index is 12.6. The molecule has 0 spiro atoms. The second-order valence-electron chi connectivity index (χ2n) is 6.34. The summed E-state index contributed by atoms with van der Waals surface area (Å²) in [5.74, 6) is -0.260. The van der Waals surface area contributed by atoms with Gasteiger partial charge in [-0.15, -0.1) is 5.10 Å². The van der Waals surface area contributed by atoms with Gasteiger partial charge in [-0.1, -0.05) is 19.1 Å². The van der Waals surface area contributed by atoms with Gasteiger partial charge < -0.3 is 15.6 Å². The fourth-order valence-electron chi connectivity index (χ4n) is 2.62. The van der Waals surface area contributed by atoms with Gasteiger partial charge in [-0.2, -0.15) is 9.78 Å². The molecule has 4 N–H and O–H groups in total. The van der Waals surface area contributed by atoms with Gasteiger partial charge >= 0.3 is 0 Å². The Morgan fingerprint density at radius 1 is 1.47 bits per heavy atom. The first-order valence-electron chi connectivity index (χ1n) is 8.86. The topological polar surface area (TPSA) is 167 Å². The first kappa shape index (κ1) is 21.2. The Bertz CT molecular complexity index is 1090. The monoisotopic (exact) mass is 478 g/mol. The molecule has 0 unspecified atom stereocenters. The summed E-state index contributed by atoms with van der Waals surface area (Å²) in [7, 11) is 0. The minimum Gasteiger partial charge on any atom is -0.503 e. The number of hydrogen-bond acceptors (Lipinski definition) is 10. The van der Waals surface area contributed by atoms with Crippen LogP contribution in [0.2, 0.25) is 0 Å². The predicted molar refractivity (Wildman–Crippen MR) is 110 cm³/mol. The molecule has 0 atom stereocenters. The number of carbonyl (C=O) groups excluding carboxylic acids is 1. The van der Waals surface area contributed by atoms with Crippen LogP contribution in [0.1, 0.15) is 48.4 Å². The number of nitrogens with two attached hydrogens (primary N) is 1. The normalized spacial score (nSPS) is 11.4. The minimum atomic E-state index is -0.570. The number of nitrogens with one attached hydrogen (secondary N) is 1. The third-order valence-electron chi connectivity index (χ3n) is 3.89. The number of phenols is 1. The van der Waals surface area contributed by atoms with E-state index in [1.807, 2.05) is 13.8 Å². The van der Waals surface area contributed by atoms with Gasteiger partial charge in [0.15, 0.2) is 17.2 Å². The van der Waals surface area contributed by atoms with Crippen molar-refractivity contribution in [1.82, 2.24) is 30.7 Å². The van der Waals surface area contributed by atoms with Crippen LogP contribution < -0.4 is 15.9 Å². The van der Waals surface area contributed by atoms with Crippen molar-refractivity contribution in [2.75, 3.05) is 12.3 Å². The van der Waals surface area contributed by atoms with E-state index in [1.54, 1.807) is 19.1 Å². The molecule has 0 aliphatic heterocycles. The molecule has 0 bridgehead atoms. The lowest BCUT2D eigenvalue weighted by molar-refractivity contribution is 0.0948. The fourth-order valence-corrected chi connectivity index (χ4v) is 3.08. The van der Waals surface area contributed by atoms with Crippen molar-refractivity contribution >= 4 is 33.9 Å². The van der Waals surface area contributed by atoms with Gasteiger partial charge in [-0.25, -0.2) is 10.1 Å². The van der Waals surface area contributed by atoms with Crippen LogP contribution in [0.25, 0.3) is 5.82 Å². The number of rotatable bonds is 7. The average molecular weight is 479 g/mol. The van der Waals surface area contributed by atoms with Crippen molar-refractivity contribution in [3.05, 3.63) is 33.6 Å². The maximum absolute atomic E-state index is 12.6. The number of halogens is 1.